The number of hydrogen-bond acceptors (Lipinski definition) is 4. The van der Waals surface area contributed by atoms with Crippen LogP contribution in [-0.2, 0) is 4.79 Å². The number of nitrogens with zero attached hydrogens (tertiary/aromatic N) is 1. The van der Waals surface area contributed by atoms with Crippen LogP contribution in [-0.4, -0.2) is 29.4 Å². The molecule has 4 fully saturated rings. The van der Waals surface area contributed by atoms with Gasteiger partial charge in [-0.1, -0.05) is 12.1 Å². The van der Waals surface area contributed by atoms with Gasteiger partial charge in [0, 0.05) is 5.69 Å². The Hall–Kier alpha value is -3.35. The molecule has 1 atom stereocenters. The molecule has 0 aromatic heterocycles. The van der Waals surface area contributed by atoms with Crippen molar-refractivity contribution in [3.05, 3.63) is 59.7 Å². The molecule has 0 spiro atoms. The summed E-state index contributed by atoms with van der Waals surface area (Å²) in [5, 5.41) is 15.7. The maximum atomic E-state index is 12.2. The predicted octanol–water partition coefficient (Wildman–Crippen LogP) is 5.23. The fourth-order valence-electron chi connectivity index (χ4n) is 6.47. The molecule has 178 valence electrons. The molecule has 2 aromatic carbocycles. The second-order valence-corrected chi connectivity index (χ2v) is 10.1. The molecule has 0 radical (unpaired) electrons. The molecule has 4 bridgehead atoms. The predicted molar refractivity (Wildman–Crippen MR) is 130 cm³/mol. The number of amides is 2. The Kier molecular flexibility index (Phi) is 6.26. The van der Waals surface area contributed by atoms with Crippen LogP contribution >= 0.6 is 0 Å². The van der Waals surface area contributed by atoms with Gasteiger partial charge >= 0.3 is 12.0 Å². The number of benzene rings is 2. The van der Waals surface area contributed by atoms with Crippen molar-refractivity contribution < 1.29 is 19.4 Å². The fourth-order valence-corrected chi connectivity index (χ4v) is 6.47. The second kappa shape index (κ2) is 9.49. The van der Waals surface area contributed by atoms with Crippen LogP contribution in [0.4, 0.5) is 10.5 Å². The van der Waals surface area contributed by atoms with Crippen molar-refractivity contribution >= 4 is 23.9 Å². The Labute approximate surface area is 199 Å². The van der Waals surface area contributed by atoms with Gasteiger partial charge in [0.15, 0.2) is 6.10 Å². The number of urea groups is 1. The Morgan fingerprint density at radius 1 is 0.971 bits per heavy atom. The van der Waals surface area contributed by atoms with Crippen molar-refractivity contribution in [1.29, 1.82) is 0 Å². The minimum Gasteiger partial charge on any atom is -0.479 e. The molecule has 0 unspecified atom stereocenters. The van der Waals surface area contributed by atoms with Gasteiger partial charge in [0.1, 0.15) is 5.75 Å². The molecule has 0 heterocycles. The van der Waals surface area contributed by atoms with Gasteiger partial charge in [0.05, 0.1) is 6.21 Å². The molecule has 34 heavy (non-hydrogen) atoms. The highest BCUT2D eigenvalue weighted by Gasteiger charge is 2.48. The van der Waals surface area contributed by atoms with Crippen LogP contribution in [0.5, 0.6) is 5.75 Å². The first-order valence-corrected chi connectivity index (χ1v) is 12.1. The number of carbonyl (C=O) groups excluding carboxylic acids is 1. The first-order valence-electron chi connectivity index (χ1n) is 12.1. The molecule has 4 aliphatic carbocycles. The molecular formula is C27H31N3O4. The summed E-state index contributed by atoms with van der Waals surface area (Å²) in [5.74, 6) is 3.73. The zero-order valence-electron chi connectivity index (χ0n) is 19.3. The van der Waals surface area contributed by atoms with E-state index in [1.165, 1.54) is 50.8 Å². The average molecular weight is 462 g/mol. The van der Waals surface area contributed by atoms with E-state index in [4.69, 9.17) is 9.84 Å². The Morgan fingerprint density at radius 3 is 2.18 bits per heavy atom. The summed E-state index contributed by atoms with van der Waals surface area (Å²) in [7, 11) is 0. The lowest BCUT2D eigenvalue weighted by molar-refractivity contribution is -0.144. The summed E-state index contributed by atoms with van der Waals surface area (Å²) in [6, 6.07) is 14.7. The highest BCUT2D eigenvalue weighted by atomic mass is 16.5. The van der Waals surface area contributed by atoms with Gasteiger partial charge in [0.2, 0.25) is 0 Å². The van der Waals surface area contributed by atoms with Gasteiger partial charge < -0.3 is 15.2 Å². The number of hydrazone groups is 1. The lowest BCUT2D eigenvalue weighted by atomic mass is 9.51. The van der Waals surface area contributed by atoms with Crippen molar-refractivity contribution in [1.82, 2.24) is 5.43 Å². The lowest BCUT2D eigenvalue weighted by Gasteiger charge is -2.54. The molecule has 4 saturated carbocycles. The Balaban J connectivity index is 1.11. The third-order valence-electron chi connectivity index (χ3n) is 7.70. The monoisotopic (exact) mass is 461 g/mol. The molecule has 2 amide bonds. The first kappa shape index (κ1) is 22.4. The third-order valence-corrected chi connectivity index (χ3v) is 7.70. The number of carboxylic acids is 1. The summed E-state index contributed by atoms with van der Waals surface area (Å²) < 4.78 is 5.29. The smallest absolute Gasteiger partial charge is 0.344 e. The number of nitrogens with one attached hydrogen (secondary N) is 2. The van der Waals surface area contributed by atoms with Gasteiger partial charge in [-0.05, 0) is 116 Å². The van der Waals surface area contributed by atoms with Crippen LogP contribution in [0, 0.1) is 23.7 Å². The van der Waals surface area contributed by atoms with Crippen LogP contribution in [0.2, 0.25) is 0 Å². The summed E-state index contributed by atoms with van der Waals surface area (Å²) in [4.78, 5) is 23.1. The van der Waals surface area contributed by atoms with E-state index in [0.717, 1.165) is 34.9 Å². The SMILES string of the molecule is C[C@H](Oc1ccc(/C=N\NC(=O)Nc2ccc(C3C4CC5CC(C4)CC3C5)cc2)cc1)C(=O)O. The van der Waals surface area contributed by atoms with Gasteiger partial charge in [-0.3, -0.25) is 0 Å². The number of hydrogen-bond donors (Lipinski definition) is 3. The molecule has 3 N–H and O–H groups in total. The van der Waals surface area contributed by atoms with E-state index in [2.05, 4.69) is 28.0 Å². The second-order valence-electron chi connectivity index (χ2n) is 10.1. The largest absolute Gasteiger partial charge is 0.479 e. The lowest BCUT2D eigenvalue weighted by Crippen LogP contribution is -2.43. The maximum absolute atomic E-state index is 12.2. The summed E-state index contributed by atoms with van der Waals surface area (Å²) in [6.45, 7) is 1.47. The molecule has 4 aliphatic rings. The molecule has 0 saturated heterocycles. The third kappa shape index (κ3) is 4.93. The van der Waals surface area contributed by atoms with Gasteiger partial charge in [-0.15, -0.1) is 0 Å². The summed E-state index contributed by atoms with van der Waals surface area (Å²) >= 11 is 0. The minimum atomic E-state index is -1.02. The minimum absolute atomic E-state index is 0.408. The number of ether oxygens (including phenoxy) is 1. The van der Waals surface area contributed by atoms with Crippen molar-refractivity contribution in [3.8, 4) is 5.75 Å². The number of carboxylic acid groups (broad SMARTS) is 1. The summed E-state index contributed by atoms with van der Waals surface area (Å²) in [5.41, 5.74) is 5.38. The van der Waals surface area contributed by atoms with Crippen LogP contribution in [0.25, 0.3) is 0 Å². The van der Waals surface area contributed by atoms with E-state index in [9.17, 15) is 9.59 Å². The van der Waals surface area contributed by atoms with E-state index in [1.807, 2.05) is 12.1 Å². The molecule has 2 aromatic rings. The van der Waals surface area contributed by atoms with Crippen LogP contribution in [0.1, 0.15) is 56.1 Å². The fraction of sp³-hybridized carbons (Fsp3) is 0.444. The zero-order valence-corrected chi connectivity index (χ0v) is 19.3. The van der Waals surface area contributed by atoms with Crippen molar-refractivity contribution in [2.75, 3.05) is 5.32 Å². The number of rotatable bonds is 7. The standard InChI is InChI=1S/C27H31N3O4/c1-16(26(31)32)34-24-8-2-17(3-9-24)15-28-30-27(33)29-23-6-4-20(5-7-23)25-21-11-18-10-19(13-21)14-22(25)12-18/h2-9,15-16,18-19,21-22,25H,10-14H2,1H3,(H,31,32)(H2,29,30,33)/b28-15-/t16-,18?,19?,21?,22?,25?/m0/s1. The molecule has 7 nitrogen and oxygen atoms in total. The van der Waals surface area contributed by atoms with E-state index < -0.39 is 18.1 Å². The van der Waals surface area contributed by atoms with Crippen LogP contribution < -0.4 is 15.5 Å². The van der Waals surface area contributed by atoms with Crippen molar-refractivity contribution in [2.24, 2.45) is 28.8 Å². The topological polar surface area (TPSA) is 100 Å². The molecule has 0 aliphatic heterocycles. The zero-order chi connectivity index (χ0) is 23.7. The molecule has 7 heteroatoms. The van der Waals surface area contributed by atoms with Crippen molar-refractivity contribution in [3.63, 3.8) is 0 Å². The van der Waals surface area contributed by atoms with Gasteiger partial charge in [0.25, 0.3) is 0 Å². The quantitative estimate of drug-likeness (QED) is 0.388. The highest BCUT2D eigenvalue weighted by Crippen LogP contribution is 2.59. The van der Waals surface area contributed by atoms with Crippen LogP contribution in [0.3, 0.4) is 0 Å². The van der Waals surface area contributed by atoms with E-state index in [0.29, 0.717) is 11.7 Å². The molecular weight excluding hydrogens is 430 g/mol. The Morgan fingerprint density at radius 2 is 1.59 bits per heavy atom. The maximum Gasteiger partial charge on any atom is 0.344 e. The van der Waals surface area contributed by atoms with Crippen LogP contribution in [0.15, 0.2) is 53.6 Å². The average Bonchev–Trinajstić information content (AvgIpc) is 2.80. The highest BCUT2D eigenvalue weighted by molar-refractivity contribution is 5.90. The normalized spacial score (nSPS) is 28.0. The first-order chi connectivity index (χ1) is 16.4. The van der Waals surface area contributed by atoms with E-state index >= 15 is 0 Å². The van der Waals surface area contributed by atoms with E-state index in [-0.39, 0.29) is 0 Å². The van der Waals surface area contributed by atoms with Gasteiger partial charge in [-0.25, -0.2) is 15.0 Å². The summed E-state index contributed by atoms with van der Waals surface area (Å²) in [6.07, 6.45) is 7.65. The van der Waals surface area contributed by atoms with E-state index in [1.54, 1.807) is 24.3 Å². The number of aliphatic carboxylic acids is 1. The Bertz CT molecular complexity index is 1040. The van der Waals surface area contributed by atoms with Gasteiger partial charge in [-0.2, -0.15) is 5.10 Å². The molecule has 6 rings (SSSR count). The number of carbonyl (C=O) groups is 2. The number of anilines is 1. The van der Waals surface area contributed by atoms with Crippen molar-refractivity contribution in [2.45, 2.75) is 51.0 Å².